The summed E-state index contributed by atoms with van der Waals surface area (Å²) in [7, 11) is 0. The number of para-hydroxylation sites is 1. The third-order valence-corrected chi connectivity index (χ3v) is 4.78. The lowest BCUT2D eigenvalue weighted by Crippen LogP contribution is -2.14. The molecule has 0 radical (unpaired) electrons. The first-order valence-electron chi connectivity index (χ1n) is 7.84. The molecule has 134 valence electrons. The molecule has 1 aromatic heterocycles. The Labute approximate surface area is 160 Å². The van der Waals surface area contributed by atoms with Crippen molar-refractivity contribution in [1.82, 2.24) is 14.8 Å². The summed E-state index contributed by atoms with van der Waals surface area (Å²) in [6.07, 6.45) is 0. The summed E-state index contributed by atoms with van der Waals surface area (Å²) in [6, 6.07) is 15.0. The van der Waals surface area contributed by atoms with Gasteiger partial charge in [-0.1, -0.05) is 41.6 Å². The number of hydrogen-bond donors (Lipinski definition) is 1. The second kappa shape index (κ2) is 8.25. The van der Waals surface area contributed by atoms with E-state index in [1.165, 1.54) is 11.8 Å². The molecule has 1 heterocycles. The highest BCUT2D eigenvalue weighted by Gasteiger charge is 2.16. The highest BCUT2D eigenvalue weighted by molar-refractivity contribution is 7.99. The Morgan fingerprint density at radius 3 is 2.62 bits per heavy atom. The first-order valence-corrected chi connectivity index (χ1v) is 9.20. The molecule has 2 N–H and O–H groups in total. The summed E-state index contributed by atoms with van der Waals surface area (Å²) in [5.74, 6) is 1.09. The van der Waals surface area contributed by atoms with Gasteiger partial charge >= 0.3 is 0 Å². The Bertz CT molecular complexity index is 912. The third-order valence-electron chi connectivity index (χ3n) is 3.58. The largest absolute Gasteiger partial charge is 0.485 e. The van der Waals surface area contributed by atoms with Gasteiger partial charge < -0.3 is 10.5 Å². The molecule has 0 aliphatic heterocycles. The van der Waals surface area contributed by atoms with E-state index in [-0.39, 0.29) is 12.4 Å². The van der Waals surface area contributed by atoms with Crippen molar-refractivity contribution in [3.63, 3.8) is 0 Å². The van der Waals surface area contributed by atoms with Crippen LogP contribution in [0.4, 0.5) is 0 Å². The molecule has 2 aromatic carbocycles. The molecule has 0 saturated carbocycles. The normalized spacial score (nSPS) is 10.7. The average Bonchev–Trinajstić information content (AvgIpc) is 3.03. The predicted molar refractivity (Wildman–Crippen MR) is 102 cm³/mol. The van der Waals surface area contributed by atoms with Crippen LogP contribution in [0, 0.1) is 6.92 Å². The van der Waals surface area contributed by atoms with E-state index in [1.54, 1.807) is 12.1 Å². The Balaban J connectivity index is 1.90. The Morgan fingerprint density at radius 2 is 1.92 bits per heavy atom. The van der Waals surface area contributed by atoms with Crippen molar-refractivity contribution >= 4 is 29.3 Å². The zero-order chi connectivity index (χ0) is 18.5. The van der Waals surface area contributed by atoms with Gasteiger partial charge in [-0.25, -0.2) is 0 Å². The van der Waals surface area contributed by atoms with E-state index < -0.39 is 5.91 Å². The molecule has 0 aliphatic rings. The molecule has 3 rings (SSSR count). The second-order valence-electron chi connectivity index (χ2n) is 5.52. The van der Waals surface area contributed by atoms with Crippen LogP contribution >= 0.6 is 23.4 Å². The summed E-state index contributed by atoms with van der Waals surface area (Å²) >= 11 is 7.21. The molecule has 0 bridgehead atoms. The molecule has 3 aromatic rings. The summed E-state index contributed by atoms with van der Waals surface area (Å²) < 4.78 is 7.73. The van der Waals surface area contributed by atoms with Crippen LogP contribution in [0.1, 0.15) is 11.4 Å². The minimum Gasteiger partial charge on any atom is -0.485 e. The molecule has 0 aliphatic carbocycles. The number of hydrogen-bond acceptors (Lipinski definition) is 5. The molecule has 0 saturated heterocycles. The van der Waals surface area contributed by atoms with Gasteiger partial charge in [-0.2, -0.15) is 0 Å². The number of rotatable bonds is 7. The smallest absolute Gasteiger partial charge is 0.227 e. The molecule has 0 spiro atoms. The molecule has 1 amide bonds. The molecule has 0 atom stereocenters. The van der Waals surface area contributed by atoms with Crippen molar-refractivity contribution in [1.29, 1.82) is 0 Å². The number of ether oxygens (including phenoxy) is 1. The van der Waals surface area contributed by atoms with E-state index in [2.05, 4.69) is 10.2 Å². The quantitative estimate of drug-likeness (QED) is 0.627. The maximum Gasteiger partial charge on any atom is 0.227 e. The van der Waals surface area contributed by atoms with Crippen molar-refractivity contribution in [3.05, 3.63) is 64.9 Å². The Kier molecular flexibility index (Phi) is 5.80. The standard InChI is InChI=1S/C18H17ClN4O2S/c1-12-4-2-3-5-15(12)25-10-17-21-22-18(26-11-16(20)24)23(17)14-8-6-13(19)7-9-14/h2-9H,10-11H2,1H3,(H2,20,24). The van der Waals surface area contributed by atoms with Crippen molar-refractivity contribution in [2.45, 2.75) is 18.7 Å². The number of aromatic nitrogens is 3. The lowest BCUT2D eigenvalue weighted by atomic mass is 10.2. The second-order valence-corrected chi connectivity index (χ2v) is 6.90. The number of halogens is 1. The number of carbonyl (C=O) groups excluding carboxylic acids is 1. The van der Waals surface area contributed by atoms with Crippen LogP contribution in [0.15, 0.2) is 53.7 Å². The van der Waals surface area contributed by atoms with Crippen LogP contribution in [-0.4, -0.2) is 26.4 Å². The van der Waals surface area contributed by atoms with Crippen LogP contribution in [0.25, 0.3) is 5.69 Å². The van der Waals surface area contributed by atoms with Crippen molar-refractivity contribution in [2.75, 3.05) is 5.75 Å². The molecule has 0 unspecified atom stereocenters. The number of nitrogens with zero attached hydrogens (tertiary/aromatic N) is 3. The number of thioether (sulfide) groups is 1. The lowest BCUT2D eigenvalue weighted by Gasteiger charge is -2.12. The third kappa shape index (κ3) is 4.36. The van der Waals surface area contributed by atoms with E-state index in [0.29, 0.717) is 16.0 Å². The summed E-state index contributed by atoms with van der Waals surface area (Å²) in [4.78, 5) is 11.1. The van der Waals surface area contributed by atoms with Crippen LogP contribution in [0.5, 0.6) is 5.75 Å². The number of aryl methyl sites for hydroxylation is 1. The Hall–Kier alpha value is -2.51. The highest BCUT2D eigenvalue weighted by Crippen LogP contribution is 2.24. The fourth-order valence-electron chi connectivity index (χ4n) is 2.33. The number of carbonyl (C=O) groups is 1. The van der Waals surface area contributed by atoms with E-state index in [0.717, 1.165) is 17.0 Å². The number of nitrogens with two attached hydrogens (primary N) is 1. The van der Waals surface area contributed by atoms with Crippen molar-refractivity contribution in [3.8, 4) is 11.4 Å². The topological polar surface area (TPSA) is 83.0 Å². The van der Waals surface area contributed by atoms with Crippen LogP contribution in [0.3, 0.4) is 0 Å². The van der Waals surface area contributed by atoms with E-state index >= 15 is 0 Å². The highest BCUT2D eigenvalue weighted by atomic mass is 35.5. The van der Waals surface area contributed by atoms with Gasteiger partial charge in [0, 0.05) is 10.7 Å². The summed E-state index contributed by atoms with van der Waals surface area (Å²) in [5.41, 5.74) is 7.11. The van der Waals surface area contributed by atoms with Gasteiger partial charge in [-0.15, -0.1) is 10.2 Å². The molecule has 26 heavy (non-hydrogen) atoms. The monoisotopic (exact) mass is 388 g/mol. The van der Waals surface area contributed by atoms with Gasteiger partial charge in [-0.05, 0) is 42.8 Å². The van der Waals surface area contributed by atoms with Crippen LogP contribution in [-0.2, 0) is 11.4 Å². The van der Waals surface area contributed by atoms with Gasteiger partial charge in [0.2, 0.25) is 5.91 Å². The molecule has 0 fully saturated rings. The zero-order valence-electron chi connectivity index (χ0n) is 14.1. The molecule has 8 heteroatoms. The van der Waals surface area contributed by atoms with Crippen molar-refractivity contribution < 1.29 is 9.53 Å². The van der Waals surface area contributed by atoms with Gasteiger partial charge in [0.1, 0.15) is 12.4 Å². The number of benzene rings is 2. The maximum absolute atomic E-state index is 11.1. The van der Waals surface area contributed by atoms with Crippen LogP contribution in [0.2, 0.25) is 5.02 Å². The van der Waals surface area contributed by atoms with Crippen LogP contribution < -0.4 is 10.5 Å². The summed E-state index contributed by atoms with van der Waals surface area (Å²) in [6.45, 7) is 2.21. The first-order chi connectivity index (χ1) is 12.5. The van der Waals surface area contributed by atoms with Crippen molar-refractivity contribution in [2.24, 2.45) is 5.73 Å². The van der Waals surface area contributed by atoms with Gasteiger partial charge in [0.25, 0.3) is 0 Å². The average molecular weight is 389 g/mol. The SMILES string of the molecule is Cc1ccccc1OCc1nnc(SCC(N)=O)n1-c1ccc(Cl)cc1. The lowest BCUT2D eigenvalue weighted by molar-refractivity contribution is -0.115. The summed E-state index contributed by atoms with van der Waals surface area (Å²) in [5, 5.41) is 9.59. The number of amides is 1. The Morgan fingerprint density at radius 1 is 1.19 bits per heavy atom. The van der Waals surface area contributed by atoms with E-state index in [4.69, 9.17) is 22.1 Å². The van der Waals surface area contributed by atoms with Gasteiger partial charge in [0.15, 0.2) is 11.0 Å². The number of primary amides is 1. The fraction of sp³-hybridized carbons (Fsp3) is 0.167. The van der Waals surface area contributed by atoms with Gasteiger partial charge in [0.05, 0.1) is 5.75 Å². The maximum atomic E-state index is 11.1. The molecular weight excluding hydrogens is 372 g/mol. The van der Waals surface area contributed by atoms with E-state index in [1.807, 2.05) is 47.9 Å². The first kappa shape index (κ1) is 18.3. The fourth-order valence-corrected chi connectivity index (χ4v) is 3.17. The minimum absolute atomic E-state index is 0.115. The predicted octanol–water partition coefficient (Wildman–Crippen LogP) is 3.39. The minimum atomic E-state index is -0.418. The molecule has 6 nitrogen and oxygen atoms in total. The van der Waals surface area contributed by atoms with E-state index in [9.17, 15) is 4.79 Å². The zero-order valence-corrected chi connectivity index (χ0v) is 15.6. The molecular formula is C18H17ClN4O2S. The van der Waals surface area contributed by atoms with Gasteiger partial charge in [-0.3, -0.25) is 9.36 Å².